The van der Waals surface area contributed by atoms with Crippen molar-refractivity contribution in [1.29, 1.82) is 0 Å². The van der Waals surface area contributed by atoms with Crippen molar-refractivity contribution in [2.75, 3.05) is 14.2 Å². The molecular weight excluding hydrogens is 474 g/mol. The summed E-state index contributed by atoms with van der Waals surface area (Å²) in [6.07, 6.45) is 2.22. The van der Waals surface area contributed by atoms with Crippen molar-refractivity contribution >= 4 is 27.8 Å². The number of ether oxygens (including phenoxy) is 3. The second kappa shape index (κ2) is 7.93. The van der Waals surface area contributed by atoms with Crippen LogP contribution in [0.15, 0.2) is 6.07 Å². The van der Waals surface area contributed by atoms with Gasteiger partial charge in [0.05, 0.1) is 25.1 Å². The lowest BCUT2D eigenvalue weighted by Crippen LogP contribution is -2.56. The standard InChI is InChI=1S/C25H34BrNO5/c1-12(2)14-11-15-16(19(31-7)18(14)30-6)25-10-8-9-24(4,5)21(25)20(32-23(25)29)17(15)27-22(28)13(3)26/h11-13,17,20-21H,8-10H2,1-7H3,(H,27,28). The van der Waals surface area contributed by atoms with E-state index in [9.17, 15) is 9.59 Å². The summed E-state index contributed by atoms with van der Waals surface area (Å²) >= 11 is 3.38. The summed E-state index contributed by atoms with van der Waals surface area (Å²) in [6.45, 7) is 10.4. The molecule has 5 atom stereocenters. The van der Waals surface area contributed by atoms with Crippen molar-refractivity contribution in [1.82, 2.24) is 5.32 Å². The predicted molar refractivity (Wildman–Crippen MR) is 126 cm³/mol. The van der Waals surface area contributed by atoms with Gasteiger partial charge >= 0.3 is 5.97 Å². The molecule has 4 rings (SSSR count). The van der Waals surface area contributed by atoms with Gasteiger partial charge in [-0.25, -0.2) is 0 Å². The number of carbonyl (C=O) groups is 2. The van der Waals surface area contributed by atoms with E-state index in [0.717, 1.165) is 29.5 Å². The van der Waals surface area contributed by atoms with Crippen LogP contribution in [0.2, 0.25) is 0 Å². The van der Waals surface area contributed by atoms with Gasteiger partial charge in [-0.05, 0) is 42.7 Å². The Kier molecular flexibility index (Phi) is 5.80. The van der Waals surface area contributed by atoms with Gasteiger partial charge in [0.15, 0.2) is 11.5 Å². The fourth-order valence-corrected chi connectivity index (χ4v) is 6.65. The normalized spacial score (nSPS) is 30.8. The molecule has 3 aliphatic rings. The summed E-state index contributed by atoms with van der Waals surface area (Å²) in [5.41, 5.74) is 1.82. The van der Waals surface area contributed by atoms with Crippen LogP contribution in [0.3, 0.4) is 0 Å². The minimum absolute atomic E-state index is 0.0665. The number of benzene rings is 1. The maximum atomic E-state index is 13.7. The van der Waals surface area contributed by atoms with E-state index in [2.05, 4.69) is 55.0 Å². The summed E-state index contributed by atoms with van der Waals surface area (Å²) in [6, 6.07) is 1.65. The number of alkyl halides is 1. The lowest BCUT2D eigenvalue weighted by atomic mass is 9.49. The molecule has 5 unspecified atom stereocenters. The summed E-state index contributed by atoms with van der Waals surface area (Å²) in [7, 11) is 3.27. The van der Waals surface area contributed by atoms with Gasteiger partial charge in [-0.3, -0.25) is 9.59 Å². The van der Waals surface area contributed by atoms with E-state index in [1.54, 1.807) is 21.1 Å². The number of esters is 1. The first-order valence-corrected chi connectivity index (χ1v) is 12.4. The van der Waals surface area contributed by atoms with Crippen LogP contribution < -0.4 is 14.8 Å². The number of hydrogen-bond acceptors (Lipinski definition) is 5. The van der Waals surface area contributed by atoms with Gasteiger partial charge in [-0.2, -0.15) is 0 Å². The quantitative estimate of drug-likeness (QED) is 0.458. The highest BCUT2D eigenvalue weighted by atomic mass is 79.9. The van der Waals surface area contributed by atoms with Gasteiger partial charge in [-0.15, -0.1) is 0 Å². The van der Waals surface area contributed by atoms with Crippen molar-refractivity contribution in [3.8, 4) is 11.5 Å². The largest absolute Gasteiger partial charge is 0.493 e. The molecule has 1 N–H and O–H groups in total. The Morgan fingerprint density at radius 1 is 1.19 bits per heavy atom. The van der Waals surface area contributed by atoms with Crippen molar-refractivity contribution in [3.63, 3.8) is 0 Å². The highest BCUT2D eigenvalue weighted by Gasteiger charge is 2.70. The SMILES string of the molecule is COc1c(C(C)C)cc2c(c1OC)C13CCCC(C)(C)C1C(OC3=O)C2NC(=O)C(C)Br. The zero-order chi connectivity index (χ0) is 23.6. The molecule has 0 radical (unpaired) electrons. The van der Waals surface area contributed by atoms with Gasteiger partial charge in [0.25, 0.3) is 0 Å². The minimum atomic E-state index is -0.795. The second-order valence-electron chi connectivity index (χ2n) is 10.4. The molecule has 32 heavy (non-hydrogen) atoms. The van der Waals surface area contributed by atoms with Crippen LogP contribution in [-0.2, 0) is 19.7 Å². The van der Waals surface area contributed by atoms with Crippen LogP contribution in [0.1, 0.15) is 82.5 Å². The van der Waals surface area contributed by atoms with Crippen molar-refractivity contribution in [2.45, 2.75) is 82.2 Å². The van der Waals surface area contributed by atoms with E-state index >= 15 is 0 Å². The molecule has 1 aromatic rings. The molecule has 2 fully saturated rings. The first kappa shape index (κ1) is 23.4. The van der Waals surface area contributed by atoms with Crippen molar-refractivity contribution < 1.29 is 23.8 Å². The smallest absolute Gasteiger partial charge is 0.317 e. The maximum Gasteiger partial charge on any atom is 0.317 e. The molecule has 7 heteroatoms. The lowest BCUT2D eigenvalue weighted by molar-refractivity contribution is -0.146. The van der Waals surface area contributed by atoms with Crippen LogP contribution in [0.5, 0.6) is 11.5 Å². The summed E-state index contributed by atoms with van der Waals surface area (Å²) < 4.78 is 18.0. The third kappa shape index (κ3) is 3.10. The molecule has 1 aromatic carbocycles. The van der Waals surface area contributed by atoms with Crippen molar-refractivity contribution in [3.05, 3.63) is 22.8 Å². The molecule has 1 amide bonds. The summed E-state index contributed by atoms with van der Waals surface area (Å²) in [4.78, 5) is 26.2. The first-order valence-electron chi connectivity index (χ1n) is 11.5. The van der Waals surface area contributed by atoms with Gasteiger partial charge in [0.1, 0.15) is 11.5 Å². The second-order valence-corrected chi connectivity index (χ2v) is 11.8. The molecule has 2 aliphatic carbocycles. The number of methoxy groups -OCH3 is 2. The average Bonchev–Trinajstić information content (AvgIpc) is 2.99. The number of fused-ring (bicyclic) bond motifs is 1. The van der Waals surface area contributed by atoms with Gasteiger partial charge in [0.2, 0.25) is 5.91 Å². The van der Waals surface area contributed by atoms with Crippen molar-refractivity contribution in [2.24, 2.45) is 11.3 Å². The Hall–Kier alpha value is -1.76. The number of nitrogens with one attached hydrogen (secondary N) is 1. The number of rotatable bonds is 5. The lowest BCUT2D eigenvalue weighted by Gasteiger charge is -2.52. The molecule has 0 aromatic heterocycles. The molecule has 176 valence electrons. The minimum Gasteiger partial charge on any atom is -0.493 e. The number of carbonyl (C=O) groups excluding carboxylic acids is 2. The third-order valence-corrected chi connectivity index (χ3v) is 8.21. The number of halogens is 1. The topological polar surface area (TPSA) is 73.9 Å². The summed E-state index contributed by atoms with van der Waals surface area (Å²) in [5.74, 6) is 1.02. The van der Waals surface area contributed by atoms with E-state index in [-0.39, 0.29) is 34.0 Å². The molecule has 0 spiro atoms. The highest BCUT2D eigenvalue weighted by Crippen LogP contribution is 2.66. The average molecular weight is 508 g/mol. The molecule has 1 aliphatic heterocycles. The van der Waals surface area contributed by atoms with E-state index in [1.807, 2.05) is 0 Å². The Labute approximate surface area is 198 Å². The van der Waals surface area contributed by atoms with Crippen LogP contribution in [0.4, 0.5) is 0 Å². The van der Waals surface area contributed by atoms with Crippen LogP contribution in [-0.4, -0.2) is 37.0 Å². The monoisotopic (exact) mass is 507 g/mol. The Morgan fingerprint density at radius 2 is 1.84 bits per heavy atom. The van der Waals surface area contributed by atoms with Gasteiger partial charge < -0.3 is 19.5 Å². The fourth-order valence-electron chi connectivity index (χ4n) is 6.52. The van der Waals surface area contributed by atoms with Crippen LogP contribution in [0.25, 0.3) is 0 Å². The Balaban J connectivity index is 2.07. The molecule has 2 bridgehead atoms. The summed E-state index contributed by atoms with van der Waals surface area (Å²) in [5, 5.41) is 3.19. The maximum absolute atomic E-state index is 13.7. The van der Waals surface area contributed by atoms with E-state index in [0.29, 0.717) is 17.9 Å². The molecule has 1 heterocycles. The van der Waals surface area contributed by atoms with Crippen LogP contribution >= 0.6 is 15.9 Å². The molecule has 1 saturated carbocycles. The number of amides is 1. The predicted octanol–water partition coefficient (Wildman–Crippen LogP) is 4.77. The van der Waals surface area contributed by atoms with E-state index in [4.69, 9.17) is 14.2 Å². The van der Waals surface area contributed by atoms with Gasteiger partial charge in [0, 0.05) is 17.0 Å². The molecule has 6 nitrogen and oxygen atoms in total. The van der Waals surface area contributed by atoms with E-state index in [1.165, 1.54) is 0 Å². The fraction of sp³-hybridized carbons (Fsp3) is 0.680. The zero-order valence-corrected chi connectivity index (χ0v) is 21.6. The third-order valence-electron chi connectivity index (χ3n) is 7.80. The zero-order valence-electron chi connectivity index (χ0n) is 20.0. The van der Waals surface area contributed by atoms with Gasteiger partial charge in [-0.1, -0.05) is 50.0 Å². The molecular formula is C25H34BrNO5. The number of hydrogen-bond donors (Lipinski definition) is 1. The molecule has 1 saturated heterocycles. The van der Waals surface area contributed by atoms with Crippen LogP contribution in [0, 0.1) is 11.3 Å². The highest BCUT2D eigenvalue weighted by molar-refractivity contribution is 9.10. The Morgan fingerprint density at radius 3 is 2.41 bits per heavy atom. The van der Waals surface area contributed by atoms with E-state index < -0.39 is 17.6 Å². The first-order chi connectivity index (χ1) is 15.0. The Bertz CT molecular complexity index is 956.